The minimum absolute atomic E-state index is 0.603. The zero-order valence-corrected chi connectivity index (χ0v) is 10.3. The number of hydrogen-bond donors (Lipinski definition) is 1. The molecule has 3 nitrogen and oxygen atoms in total. The van der Waals surface area contributed by atoms with Gasteiger partial charge in [-0.15, -0.1) is 0 Å². The van der Waals surface area contributed by atoms with E-state index in [0.29, 0.717) is 19.0 Å². The highest BCUT2D eigenvalue weighted by Gasteiger charge is 2.18. The van der Waals surface area contributed by atoms with Crippen molar-refractivity contribution in [3.63, 3.8) is 0 Å². The van der Waals surface area contributed by atoms with Crippen LogP contribution in [0.5, 0.6) is 0 Å². The third-order valence-corrected chi connectivity index (χ3v) is 3.36. The molecule has 18 heavy (non-hydrogen) atoms. The summed E-state index contributed by atoms with van der Waals surface area (Å²) in [6, 6.07) is 9.71. The smallest absolute Gasteiger partial charge is 0.137 e. The Morgan fingerprint density at radius 1 is 1.17 bits per heavy atom. The second kappa shape index (κ2) is 4.59. The van der Waals surface area contributed by atoms with Crippen LogP contribution >= 0.6 is 0 Å². The van der Waals surface area contributed by atoms with E-state index in [9.17, 15) is 5.11 Å². The van der Waals surface area contributed by atoms with E-state index in [4.69, 9.17) is 9.15 Å². The van der Waals surface area contributed by atoms with E-state index in [1.54, 1.807) is 0 Å². The third-order valence-electron chi connectivity index (χ3n) is 3.36. The summed E-state index contributed by atoms with van der Waals surface area (Å²) >= 11 is 0. The van der Waals surface area contributed by atoms with Crippen LogP contribution < -0.4 is 0 Å². The van der Waals surface area contributed by atoms with Crippen molar-refractivity contribution in [2.45, 2.75) is 32.7 Å². The van der Waals surface area contributed by atoms with Gasteiger partial charge in [0, 0.05) is 6.42 Å². The molecule has 0 radical (unpaired) electrons. The Morgan fingerprint density at radius 2 is 2.00 bits per heavy atom. The lowest BCUT2D eigenvalue weighted by atomic mass is 10.0. The third kappa shape index (κ3) is 1.96. The van der Waals surface area contributed by atoms with Gasteiger partial charge in [0.15, 0.2) is 0 Å². The molecule has 2 heterocycles. The van der Waals surface area contributed by atoms with Crippen LogP contribution in [-0.2, 0) is 24.4 Å². The lowest BCUT2D eigenvalue weighted by molar-refractivity contribution is 0.134. The Hall–Kier alpha value is -1.58. The van der Waals surface area contributed by atoms with Gasteiger partial charge in [0.25, 0.3) is 0 Å². The summed E-state index contributed by atoms with van der Waals surface area (Å²) in [7, 11) is 0. The molecule has 1 atom stereocenters. The molecule has 1 unspecified atom stereocenters. The summed E-state index contributed by atoms with van der Waals surface area (Å²) in [5.41, 5.74) is 3.23. The summed E-state index contributed by atoms with van der Waals surface area (Å²) in [6.45, 7) is 3.34. The van der Waals surface area contributed by atoms with Crippen molar-refractivity contribution in [2.75, 3.05) is 0 Å². The molecule has 0 amide bonds. The number of ether oxygens (including phenoxy) is 1. The van der Waals surface area contributed by atoms with E-state index < -0.39 is 6.10 Å². The molecule has 1 aromatic carbocycles. The fourth-order valence-electron chi connectivity index (χ4n) is 2.26. The standard InChI is InChI=1S/C15H16O3/c1-2-13-5-6-14(18-13)15(16)10-3-4-11-8-17-9-12(11)7-10/h3-7,15-16H,2,8-9H2,1H3. The van der Waals surface area contributed by atoms with Gasteiger partial charge in [-0.1, -0.05) is 25.1 Å². The molecule has 0 saturated carbocycles. The van der Waals surface area contributed by atoms with Gasteiger partial charge >= 0.3 is 0 Å². The number of aliphatic hydroxyl groups is 1. The van der Waals surface area contributed by atoms with Gasteiger partial charge in [-0.05, 0) is 28.8 Å². The van der Waals surface area contributed by atoms with E-state index in [-0.39, 0.29) is 0 Å². The molecule has 0 bridgehead atoms. The Bertz CT molecular complexity index is 557. The van der Waals surface area contributed by atoms with E-state index in [1.165, 1.54) is 5.56 Å². The molecule has 1 aliphatic rings. The van der Waals surface area contributed by atoms with E-state index in [1.807, 2.05) is 37.3 Å². The SMILES string of the molecule is CCc1ccc(C(O)c2ccc3c(c2)COC3)o1. The summed E-state index contributed by atoms with van der Waals surface area (Å²) in [4.78, 5) is 0. The number of fused-ring (bicyclic) bond motifs is 1. The number of furan rings is 1. The van der Waals surface area contributed by atoms with Crippen LogP contribution in [0, 0.1) is 0 Å². The van der Waals surface area contributed by atoms with Crippen LogP contribution in [0.2, 0.25) is 0 Å². The lowest BCUT2D eigenvalue weighted by Crippen LogP contribution is -1.99. The quantitative estimate of drug-likeness (QED) is 0.902. The maximum atomic E-state index is 10.3. The van der Waals surface area contributed by atoms with Gasteiger partial charge in [0.2, 0.25) is 0 Å². The van der Waals surface area contributed by atoms with E-state index in [0.717, 1.165) is 23.3 Å². The molecule has 94 valence electrons. The second-order valence-electron chi connectivity index (χ2n) is 4.58. The highest BCUT2D eigenvalue weighted by Crippen LogP contribution is 2.28. The van der Waals surface area contributed by atoms with Gasteiger partial charge in [0.1, 0.15) is 17.6 Å². The molecular weight excluding hydrogens is 228 g/mol. The monoisotopic (exact) mass is 244 g/mol. The van der Waals surface area contributed by atoms with Crippen molar-refractivity contribution in [3.05, 3.63) is 58.5 Å². The van der Waals surface area contributed by atoms with Crippen LogP contribution in [-0.4, -0.2) is 5.11 Å². The lowest BCUT2D eigenvalue weighted by Gasteiger charge is -2.09. The van der Waals surface area contributed by atoms with Crippen LogP contribution in [0.15, 0.2) is 34.7 Å². The fourth-order valence-corrected chi connectivity index (χ4v) is 2.26. The molecule has 3 rings (SSSR count). The highest BCUT2D eigenvalue weighted by atomic mass is 16.5. The van der Waals surface area contributed by atoms with Gasteiger partial charge in [0.05, 0.1) is 13.2 Å². The van der Waals surface area contributed by atoms with Gasteiger partial charge in [-0.25, -0.2) is 0 Å². The van der Waals surface area contributed by atoms with Crippen LogP contribution in [0.3, 0.4) is 0 Å². The average molecular weight is 244 g/mol. The number of aliphatic hydroxyl groups excluding tert-OH is 1. The van der Waals surface area contributed by atoms with Crippen molar-refractivity contribution >= 4 is 0 Å². The predicted octanol–water partition coefficient (Wildman–Crippen LogP) is 2.95. The number of hydrogen-bond acceptors (Lipinski definition) is 3. The first kappa shape index (κ1) is 11.5. The molecule has 1 aliphatic heterocycles. The molecule has 0 fully saturated rings. The van der Waals surface area contributed by atoms with Crippen LogP contribution in [0.25, 0.3) is 0 Å². The van der Waals surface area contributed by atoms with Crippen molar-refractivity contribution < 1.29 is 14.3 Å². The Balaban J connectivity index is 1.89. The summed E-state index contributed by atoms with van der Waals surface area (Å²) < 4.78 is 11.0. The fraction of sp³-hybridized carbons (Fsp3) is 0.333. The average Bonchev–Trinajstić information content (AvgIpc) is 3.05. The number of aryl methyl sites for hydroxylation is 1. The summed E-state index contributed by atoms with van der Waals surface area (Å²) in [5.74, 6) is 1.50. The predicted molar refractivity (Wildman–Crippen MR) is 67.1 cm³/mol. The minimum atomic E-state index is -0.698. The zero-order valence-electron chi connectivity index (χ0n) is 10.3. The Labute approximate surface area is 106 Å². The van der Waals surface area contributed by atoms with Crippen LogP contribution in [0.1, 0.15) is 41.2 Å². The van der Waals surface area contributed by atoms with Crippen LogP contribution in [0.4, 0.5) is 0 Å². The first-order valence-corrected chi connectivity index (χ1v) is 6.24. The molecule has 0 saturated heterocycles. The minimum Gasteiger partial charge on any atom is -0.463 e. The first-order chi connectivity index (χ1) is 8.78. The van der Waals surface area contributed by atoms with Crippen molar-refractivity contribution in [3.8, 4) is 0 Å². The molecular formula is C15H16O3. The topological polar surface area (TPSA) is 42.6 Å². The molecule has 2 aromatic rings. The van der Waals surface area contributed by atoms with Crippen molar-refractivity contribution in [1.82, 2.24) is 0 Å². The maximum Gasteiger partial charge on any atom is 0.137 e. The van der Waals surface area contributed by atoms with E-state index in [2.05, 4.69) is 0 Å². The number of rotatable bonds is 3. The van der Waals surface area contributed by atoms with E-state index >= 15 is 0 Å². The largest absolute Gasteiger partial charge is 0.463 e. The Morgan fingerprint density at radius 3 is 2.78 bits per heavy atom. The summed E-state index contributed by atoms with van der Waals surface area (Å²) in [6.07, 6.45) is 0.140. The summed E-state index contributed by atoms with van der Waals surface area (Å²) in [5, 5.41) is 10.3. The van der Waals surface area contributed by atoms with Crippen molar-refractivity contribution in [1.29, 1.82) is 0 Å². The highest BCUT2D eigenvalue weighted by molar-refractivity contribution is 5.36. The molecule has 3 heteroatoms. The first-order valence-electron chi connectivity index (χ1n) is 6.24. The normalized spacial score (nSPS) is 15.7. The molecule has 0 spiro atoms. The number of benzene rings is 1. The maximum absolute atomic E-state index is 10.3. The molecule has 0 aliphatic carbocycles. The Kier molecular flexibility index (Phi) is 2.94. The van der Waals surface area contributed by atoms with Crippen molar-refractivity contribution in [2.24, 2.45) is 0 Å². The van der Waals surface area contributed by atoms with Gasteiger partial charge < -0.3 is 14.3 Å². The molecule has 1 aromatic heterocycles. The zero-order chi connectivity index (χ0) is 12.5. The molecule has 1 N–H and O–H groups in total. The van der Waals surface area contributed by atoms with Gasteiger partial charge in [-0.2, -0.15) is 0 Å². The second-order valence-corrected chi connectivity index (χ2v) is 4.58. The van der Waals surface area contributed by atoms with Gasteiger partial charge in [-0.3, -0.25) is 0 Å².